The van der Waals surface area contributed by atoms with Crippen molar-refractivity contribution in [3.63, 3.8) is 0 Å². The van der Waals surface area contributed by atoms with Crippen molar-refractivity contribution >= 4 is 53.6 Å². The molecule has 2 aromatic rings. The second kappa shape index (κ2) is 4.77. The van der Waals surface area contributed by atoms with Crippen molar-refractivity contribution in [3.05, 3.63) is 31.9 Å². The molecule has 2 heterocycles. The SMILES string of the molecule is Nc1nc(-c2ncc(Br)cc2Br)ncc1Br. The fraction of sp³-hybridized carbons (Fsp3) is 0. The van der Waals surface area contributed by atoms with Crippen LogP contribution < -0.4 is 5.73 Å². The first-order valence-corrected chi connectivity index (χ1v) is 6.55. The zero-order valence-electron chi connectivity index (χ0n) is 7.78. The summed E-state index contributed by atoms with van der Waals surface area (Å²) < 4.78 is 2.36. The monoisotopic (exact) mass is 406 g/mol. The number of nitrogens with two attached hydrogens (primary N) is 1. The maximum atomic E-state index is 5.69. The Labute approximate surface area is 117 Å². The van der Waals surface area contributed by atoms with Gasteiger partial charge in [-0.05, 0) is 53.9 Å². The molecule has 2 N–H and O–H groups in total. The molecule has 0 aliphatic rings. The summed E-state index contributed by atoms with van der Waals surface area (Å²) in [6, 6.07) is 1.88. The molecule has 0 saturated heterocycles. The fourth-order valence-electron chi connectivity index (χ4n) is 1.07. The third-order valence-electron chi connectivity index (χ3n) is 1.79. The first kappa shape index (κ1) is 11.9. The summed E-state index contributed by atoms with van der Waals surface area (Å²) in [7, 11) is 0. The molecule has 4 nitrogen and oxygen atoms in total. The van der Waals surface area contributed by atoms with Gasteiger partial charge in [0.15, 0.2) is 5.82 Å². The summed E-state index contributed by atoms with van der Waals surface area (Å²) >= 11 is 9.97. The van der Waals surface area contributed by atoms with Gasteiger partial charge in [-0.1, -0.05) is 0 Å². The highest BCUT2D eigenvalue weighted by Crippen LogP contribution is 2.27. The molecule has 0 radical (unpaired) electrons. The van der Waals surface area contributed by atoms with Gasteiger partial charge < -0.3 is 5.73 Å². The molecule has 0 amide bonds. The lowest BCUT2D eigenvalue weighted by Gasteiger charge is -2.04. The second-order valence-corrected chi connectivity index (χ2v) is 5.54. The third-order valence-corrected chi connectivity index (χ3v) is 3.44. The van der Waals surface area contributed by atoms with E-state index in [9.17, 15) is 0 Å². The van der Waals surface area contributed by atoms with Crippen LogP contribution in [0.2, 0.25) is 0 Å². The topological polar surface area (TPSA) is 64.7 Å². The second-order valence-electron chi connectivity index (χ2n) is 2.91. The Morgan fingerprint density at radius 3 is 2.38 bits per heavy atom. The molecule has 7 heteroatoms. The lowest BCUT2D eigenvalue weighted by molar-refractivity contribution is 1.13. The highest BCUT2D eigenvalue weighted by atomic mass is 79.9. The van der Waals surface area contributed by atoms with E-state index >= 15 is 0 Å². The molecule has 2 aromatic heterocycles. The van der Waals surface area contributed by atoms with Gasteiger partial charge >= 0.3 is 0 Å². The van der Waals surface area contributed by atoms with E-state index in [1.165, 1.54) is 0 Å². The van der Waals surface area contributed by atoms with E-state index in [0.717, 1.165) is 8.95 Å². The van der Waals surface area contributed by atoms with Crippen LogP contribution in [-0.2, 0) is 0 Å². The van der Waals surface area contributed by atoms with Crippen molar-refractivity contribution in [2.75, 3.05) is 5.73 Å². The van der Waals surface area contributed by atoms with Crippen LogP contribution in [0.15, 0.2) is 31.9 Å². The van der Waals surface area contributed by atoms with E-state index in [-0.39, 0.29) is 0 Å². The average Bonchev–Trinajstić information content (AvgIpc) is 2.22. The largest absolute Gasteiger partial charge is 0.383 e. The van der Waals surface area contributed by atoms with Gasteiger partial charge in [-0.25, -0.2) is 9.97 Å². The van der Waals surface area contributed by atoms with Gasteiger partial charge in [0.25, 0.3) is 0 Å². The number of hydrogen-bond acceptors (Lipinski definition) is 4. The first-order valence-electron chi connectivity index (χ1n) is 4.17. The molecule has 0 unspecified atom stereocenters. The Bertz CT molecular complexity index is 544. The zero-order valence-corrected chi connectivity index (χ0v) is 12.5. The Hall–Kier alpha value is -0.530. The Kier molecular flexibility index (Phi) is 3.56. The molecule has 0 aromatic carbocycles. The predicted molar refractivity (Wildman–Crippen MR) is 72.8 cm³/mol. The molecule has 0 fully saturated rings. The highest BCUT2D eigenvalue weighted by Gasteiger charge is 2.10. The zero-order chi connectivity index (χ0) is 11.7. The lowest BCUT2D eigenvalue weighted by atomic mass is 10.3. The van der Waals surface area contributed by atoms with Crippen LogP contribution in [0.25, 0.3) is 11.5 Å². The molecule has 82 valence electrons. The normalized spacial score (nSPS) is 10.4. The van der Waals surface area contributed by atoms with Gasteiger partial charge in [0.05, 0.1) is 4.47 Å². The van der Waals surface area contributed by atoms with Gasteiger partial charge in [0.2, 0.25) is 0 Å². The smallest absolute Gasteiger partial charge is 0.181 e. The predicted octanol–water partition coefficient (Wildman–Crippen LogP) is 3.41. The molecule has 0 aliphatic carbocycles. The number of nitrogen functional groups attached to an aromatic ring is 1. The van der Waals surface area contributed by atoms with E-state index in [1.807, 2.05) is 6.07 Å². The van der Waals surface area contributed by atoms with Crippen LogP contribution in [0.1, 0.15) is 0 Å². The summed E-state index contributed by atoms with van der Waals surface area (Å²) in [6.07, 6.45) is 3.29. The first-order chi connectivity index (χ1) is 7.58. The van der Waals surface area contributed by atoms with Crippen LogP contribution in [0.3, 0.4) is 0 Å². The van der Waals surface area contributed by atoms with E-state index in [0.29, 0.717) is 21.8 Å². The molecule has 0 atom stereocenters. The molecule has 0 bridgehead atoms. The van der Waals surface area contributed by atoms with E-state index in [4.69, 9.17) is 5.73 Å². The van der Waals surface area contributed by atoms with Crippen LogP contribution in [0, 0.1) is 0 Å². The van der Waals surface area contributed by atoms with Gasteiger partial charge in [-0.15, -0.1) is 0 Å². The van der Waals surface area contributed by atoms with E-state index < -0.39 is 0 Å². The van der Waals surface area contributed by atoms with Crippen molar-refractivity contribution in [2.24, 2.45) is 0 Å². The summed E-state index contributed by atoms with van der Waals surface area (Å²) in [5.41, 5.74) is 6.34. The summed E-state index contributed by atoms with van der Waals surface area (Å²) in [5.74, 6) is 0.877. The Morgan fingerprint density at radius 2 is 1.75 bits per heavy atom. The quantitative estimate of drug-likeness (QED) is 0.785. The maximum Gasteiger partial charge on any atom is 0.181 e. The fourth-order valence-corrected chi connectivity index (χ4v) is 2.43. The van der Waals surface area contributed by atoms with Crippen molar-refractivity contribution < 1.29 is 0 Å². The average molecular weight is 409 g/mol. The number of anilines is 1. The number of rotatable bonds is 1. The number of hydrogen-bond donors (Lipinski definition) is 1. The molecule has 2 rings (SSSR count). The molecule has 0 aliphatic heterocycles. The maximum absolute atomic E-state index is 5.69. The number of nitrogens with zero attached hydrogens (tertiary/aromatic N) is 3. The third kappa shape index (κ3) is 2.41. The summed E-state index contributed by atoms with van der Waals surface area (Å²) in [4.78, 5) is 12.5. The van der Waals surface area contributed by atoms with E-state index in [2.05, 4.69) is 62.7 Å². The van der Waals surface area contributed by atoms with E-state index in [1.54, 1.807) is 12.4 Å². The Morgan fingerprint density at radius 1 is 1.00 bits per heavy atom. The number of aromatic nitrogens is 3. The van der Waals surface area contributed by atoms with Crippen LogP contribution in [0.4, 0.5) is 5.82 Å². The number of pyridine rings is 1. The Balaban J connectivity index is 2.54. The van der Waals surface area contributed by atoms with Crippen LogP contribution in [0.5, 0.6) is 0 Å². The minimum atomic E-state index is 0.390. The van der Waals surface area contributed by atoms with Gasteiger partial charge in [0.1, 0.15) is 11.5 Å². The minimum Gasteiger partial charge on any atom is -0.383 e. The van der Waals surface area contributed by atoms with Crippen LogP contribution >= 0.6 is 47.8 Å². The van der Waals surface area contributed by atoms with Gasteiger partial charge in [-0.3, -0.25) is 4.98 Å². The highest BCUT2D eigenvalue weighted by molar-refractivity contribution is 9.11. The minimum absolute atomic E-state index is 0.390. The summed E-state index contributed by atoms with van der Waals surface area (Å²) in [5, 5.41) is 0. The molecule has 0 saturated carbocycles. The molecule has 16 heavy (non-hydrogen) atoms. The molecule has 0 spiro atoms. The molecular weight excluding hydrogens is 404 g/mol. The van der Waals surface area contributed by atoms with Gasteiger partial charge in [0, 0.05) is 21.3 Å². The van der Waals surface area contributed by atoms with Crippen molar-refractivity contribution in [1.82, 2.24) is 15.0 Å². The van der Waals surface area contributed by atoms with Crippen LogP contribution in [-0.4, -0.2) is 15.0 Å². The summed E-state index contributed by atoms with van der Waals surface area (Å²) in [6.45, 7) is 0. The number of halogens is 3. The molecular formula is C9H5Br3N4. The van der Waals surface area contributed by atoms with Crippen molar-refractivity contribution in [2.45, 2.75) is 0 Å². The standard InChI is InChI=1S/C9H5Br3N4/c10-4-1-5(11)7(14-2-4)9-15-3-6(12)8(13)16-9/h1-3H,(H2,13,15,16). The van der Waals surface area contributed by atoms with Gasteiger partial charge in [-0.2, -0.15) is 0 Å². The lowest BCUT2D eigenvalue weighted by Crippen LogP contribution is -1.98. The van der Waals surface area contributed by atoms with Crippen molar-refractivity contribution in [1.29, 1.82) is 0 Å². The van der Waals surface area contributed by atoms with Crippen molar-refractivity contribution in [3.8, 4) is 11.5 Å².